The predicted molar refractivity (Wildman–Crippen MR) is 139 cm³/mol. The number of nitrogens with one attached hydrogen (secondary N) is 3. The van der Waals surface area contributed by atoms with E-state index in [0.29, 0.717) is 30.3 Å². The van der Waals surface area contributed by atoms with Crippen molar-refractivity contribution in [3.8, 4) is 22.5 Å². The lowest BCUT2D eigenvalue weighted by Gasteiger charge is -2.15. The van der Waals surface area contributed by atoms with Gasteiger partial charge in [-0.2, -0.15) is 5.10 Å². The first kappa shape index (κ1) is 22.6. The fraction of sp³-hybridized carbons (Fsp3) is 0.214. The van der Waals surface area contributed by atoms with Crippen molar-refractivity contribution in [2.45, 2.75) is 18.8 Å². The smallest absolute Gasteiger partial charge is 0.270 e. The molecule has 2 aliphatic rings. The number of carbonyl (C=O) groups excluding carboxylic acids is 1. The monoisotopic (exact) mass is 511 g/mol. The number of hydrogen-bond acceptors (Lipinski definition) is 5. The molecular formula is C28H23F2N7O. The van der Waals surface area contributed by atoms with Crippen molar-refractivity contribution in [3.05, 3.63) is 78.9 Å². The number of aromatic nitrogens is 5. The van der Waals surface area contributed by atoms with E-state index in [4.69, 9.17) is 0 Å². The van der Waals surface area contributed by atoms with Crippen LogP contribution in [0.4, 0.5) is 20.3 Å². The number of hydrogen-bond donors (Lipinski definition) is 3. The molecule has 1 saturated heterocycles. The lowest BCUT2D eigenvalue weighted by molar-refractivity contribution is 0.0616. The maximum Gasteiger partial charge on any atom is 0.270 e. The molecule has 1 unspecified atom stereocenters. The van der Waals surface area contributed by atoms with E-state index in [9.17, 15) is 13.6 Å². The Morgan fingerprint density at radius 2 is 1.84 bits per heavy atom. The second kappa shape index (κ2) is 8.20. The van der Waals surface area contributed by atoms with Crippen LogP contribution in [-0.2, 0) is 0 Å². The minimum Gasteiger partial charge on any atom is -0.351 e. The van der Waals surface area contributed by atoms with E-state index in [-0.39, 0.29) is 18.9 Å². The number of likely N-dealkylation sites (tertiary alicyclic amines) is 1. The van der Waals surface area contributed by atoms with Gasteiger partial charge in [0.25, 0.3) is 11.8 Å². The largest absolute Gasteiger partial charge is 0.351 e. The third-order valence-electron chi connectivity index (χ3n) is 7.61. The topological polar surface area (TPSA) is 103 Å². The van der Waals surface area contributed by atoms with Gasteiger partial charge in [0.1, 0.15) is 11.5 Å². The van der Waals surface area contributed by atoms with Gasteiger partial charge in [0.15, 0.2) is 5.82 Å². The van der Waals surface area contributed by atoms with E-state index in [2.05, 4.69) is 30.5 Å². The van der Waals surface area contributed by atoms with Crippen LogP contribution < -0.4 is 5.32 Å². The van der Waals surface area contributed by atoms with E-state index >= 15 is 0 Å². The molecule has 2 aromatic carbocycles. The molecule has 1 saturated carbocycles. The molecule has 3 aromatic heterocycles. The lowest BCUT2D eigenvalue weighted by atomic mass is 10.1. The van der Waals surface area contributed by atoms with Gasteiger partial charge in [0.05, 0.1) is 11.6 Å². The molecule has 8 nitrogen and oxygen atoms in total. The number of aromatic amines is 2. The molecule has 1 aliphatic carbocycles. The molecule has 4 heterocycles. The highest BCUT2D eigenvalue weighted by Gasteiger charge is 2.73. The highest BCUT2D eigenvalue weighted by molar-refractivity contribution is 5.99. The predicted octanol–water partition coefficient (Wildman–Crippen LogP) is 5.63. The molecule has 2 fully saturated rings. The van der Waals surface area contributed by atoms with Crippen molar-refractivity contribution in [2.24, 2.45) is 5.41 Å². The maximum atomic E-state index is 13.8. The van der Waals surface area contributed by atoms with E-state index in [1.165, 1.54) is 4.90 Å². The minimum atomic E-state index is -2.65. The summed E-state index contributed by atoms with van der Waals surface area (Å²) in [4.78, 5) is 26.8. The van der Waals surface area contributed by atoms with Crippen molar-refractivity contribution in [1.82, 2.24) is 30.0 Å². The van der Waals surface area contributed by atoms with Crippen molar-refractivity contribution < 1.29 is 13.6 Å². The Kier molecular flexibility index (Phi) is 4.88. The van der Waals surface area contributed by atoms with Gasteiger partial charge in [-0.3, -0.25) is 9.89 Å². The molecule has 1 atom stereocenters. The Bertz CT molecular complexity index is 1660. The number of benzene rings is 2. The number of halogens is 2. The van der Waals surface area contributed by atoms with Gasteiger partial charge < -0.3 is 15.2 Å². The number of fused-ring (bicyclic) bond motifs is 1. The van der Waals surface area contributed by atoms with Crippen LogP contribution >= 0.6 is 0 Å². The summed E-state index contributed by atoms with van der Waals surface area (Å²) in [6.07, 6.45) is 5.54. The molecule has 10 heteroatoms. The summed E-state index contributed by atoms with van der Waals surface area (Å²) < 4.78 is 27.5. The standard InChI is InChI=1S/C28H23F2N7O/c29-28(30)15-27(28)8-10-37(16-27)26(38)23-11-18-1-2-19(12-22(18)35-23)25-31-9-7-24(36-25)34-21-5-3-17(4-6-21)20-13-32-33-14-20/h1-7,9,11-14,35H,8,10,15-16H2,(H,32,33)(H,31,34,36). The van der Waals surface area contributed by atoms with Crippen LogP contribution in [-0.4, -0.2) is 55.0 Å². The van der Waals surface area contributed by atoms with Crippen LogP contribution in [0.3, 0.4) is 0 Å². The zero-order chi connectivity index (χ0) is 25.9. The average molecular weight is 512 g/mol. The molecule has 1 amide bonds. The highest BCUT2D eigenvalue weighted by Crippen LogP contribution is 2.65. The summed E-state index contributed by atoms with van der Waals surface area (Å²) in [5.74, 6) is -1.71. The van der Waals surface area contributed by atoms with Gasteiger partial charge in [-0.15, -0.1) is 0 Å². The molecule has 38 heavy (non-hydrogen) atoms. The van der Waals surface area contributed by atoms with Crippen LogP contribution in [0.1, 0.15) is 23.3 Å². The highest BCUT2D eigenvalue weighted by atomic mass is 19.3. The van der Waals surface area contributed by atoms with Crippen LogP contribution in [0.15, 0.2) is 73.2 Å². The number of anilines is 2. The summed E-state index contributed by atoms with van der Waals surface area (Å²) in [6.45, 7) is 0.466. The number of nitrogens with zero attached hydrogens (tertiary/aromatic N) is 4. The first-order valence-corrected chi connectivity index (χ1v) is 12.4. The van der Waals surface area contributed by atoms with Gasteiger partial charge in [-0.25, -0.2) is 18.7 Å². The third kappa shape index (κ3) is 3.80. The SMILES string of the molecule is O=C(c1cc2ccc(-c3nccc(Nc4ccc(-c5cn[nH]c5)cc4)n3)cc2[nH]1)N1CCC2(C1)CC2(F)F. The van der Waals surface area contributed by atoms with Crippen LogP contribution in [0.2, 0.25) is 0 Å². The van der Waals surface area contributed by atoms with Gasteiger partial charge in [-0.05, 0) is 42.3 Å². The Labute approximate surface area is 216 Å². The molecule has 1 spiro atoms. The molecule has 5 aromatic rings. The number of alkyl halides is 2. The number of H-pyrrole nitrogens is 2. The van der Waals surface area contributed by atoms with E-state index in [0.717, 1.165) is 33.3 Å². The fourth-order valence-corrected chi connectivity index (χ4v) is 5.29. The second-order valence-corrected chi connectivity index (χ2v) is 10.1. The Hall–Kier alpha value is -4.60. The number of carbonyl (C=O) groups is 1. The zero-order valence-corrected chi connectivity index (χ0v) is 20.2. The van der Waals surface area contributed by atoms with Crippen molar-refractivity contribution in [3.63, 3.8) is 0 Å². The molecule has 0 radical (unpaired) electrons. The van der Waals surface area contributed by atoms with Crippen LogP contribution in [0.25, 0.3) is 33.4 Å². The Balaban J connectivity index is 1.09. The molecule has 7 rings (SSSR count). The van der Waals surface area contributed by atoms with Gasteiger partial charge in [0, 0.05) is 59.6 Å². The Morgan fingerprint density at radius 3 is 2.58 bits per heavy atom. The van der Waals surface area contributed by atoms with Gasteiger partial charge >= 0.3 is 0 Å². The summed E-state index contributed by atoms with van der Waals surface area (Å²) in [6, 6.07) is 17.2. The fourth-order valence-electron chi connectivity index (χ4n) is 5.29. The average Bonchev–Trinajstić information content (AvgIpc) is 3.50. The van der Waals surface area contributed by atoms with Crippen LogP contribution in [0, 0.1) is 5.41 Å². The van der Waals surface area contributed by atoms with Crippen molar-refractivity contribution in [2.75, 3.05) is 18.4 Å². The van der Waals surface area contributed by atoms with Gasteiger partial charge in [0.2, 0.25) is 0 Å². The Morgan fingerprint density at radius 1 is 1.03 bits per heavy atom. The van der Waals surface area contributed by atoms with E-state index < -0.39 is 11.3 Å². The van der Waals surface area contributed by atoms with E-state index in [1.807, 2.05) is 48.7 Å². The minimum absolute atomic E-state index is 0.110. The summed E-state index contributed by atoms with van der Waals surface area (Å²) in [5.41, 5.74) is 3.88. The summed E-state index contributed by atoms with van der Waals surface area (Å²) >= 11 is 0. The van der Waals surface area contributed by atoms with E-state index in [1.54, 1.807) is 24.5 Å². The molecule has 3 N–H and O–H groups in total. The van der Waals surface area contributed by atoms with Crippen molar-refractivity contribution >= 4 is 28.3 Å². The second-order valence-electron chi connectivity index (χ2n) is 10.1. The van der Waals surface area contributed by atoms with Crippen molar-refractivity contribution in [1.29, 1.82) is 0 Å². The normalized spacial score (nSPS) is 19.8. The third-order valence-corrected chi connectivity index (χ3v) is 7.61. The number of rotatable bonds is 5. The quantitative estimate of drug-likeness (QED) is 0.284. The summed E-state index contributed by atoms with van der Waals surface area (Å²) in [5, 5.41) is 11.0. The zero-order valence-electron chi connectivity index (χ0n) is 20.2. The maximum absolute atomic E-state index is 13.8. The lowest BCUT2D eigenvalue weighted by Crippen LogP contribution is -2.30. The first-order valence-electron chi connectivity index (χ1n) is 12.4. The molecule has 0 bridgehead atoms. The molecular weight excluding hydrogens is 488 g/mol. The van der Waals surface area contributed by atoms with Gasteiger partial charge in [-0.1, -0.05) is 24.3 Å². The molecule has 1 aliphatic heterocycles. The number of amides is 1. The summed E-state index contributed by atoms with van der Waals surface area (Å²) in [7, 11) is 0. The van der Waals surface area contributed by atoms with Crippen LogP contribution in [0.5, 0.6) is 0 Å². The molecule has 190 valence electrons. The first-order chi connectivity index (χ1) is 18.4.